The van der Waals surface area contributed by atoms with Gasteiger partial charge in [-0.15, -0.1) is 0 Å². The Morgan fingerprint density at radius 3 is 1.64 bits per heavy atom. The molecule has 2 rings (SSSR count). The molecule has 0 aliphatic heterocycles. The Kier molecular flexibility index (Phi) is 10.0. The summed E-state index contributed by atoms with van der Waals surface area (Å²) in [7, 11) is -4.91. The second kappa shape index (κ2) is 11.6. The summed E-state index contributed by atoms with van der Waals surface area (Å²) in [5.74, 6) is 0. The van der Waals surface area contributed by atoms with E-state index in [1.165, 1.54) is 16.7 Å². The quantitative estimate of drug-likeness (QED) is 0.249. The topological polar surface area (TPSA) is 60.7 Å². The molecule has 3 nitrogen and oxygen atoms in total. The monoisotopic (exact) mass is 516 g/mol. The van der Waals surface area contributed by atoms with Crippen molar-refractivity contribution in [2.75, 3.05) is 6.16 Å². The molecule has 0 atom stereocenters. The van der Waals surface area contributed by atoms with E-state index in [1.54, 1.807) is 24.3 Å². The number of hydrogen-bond acceptors (Lipinski definition) is 3. The Morgan fingerprint density at radius 1 is 0.639 bits per heavy atom. The number of rotatable bonds is 12. The van der Waals surface area contributed by atoms with Gasteiger partial charge in [-0.25, -0.2) is 0 Å². The fraction of sp³-hybridized carbons (Fsp3) is 0.625. The summed E-state index contributed by atoms with van der Waals surface area (Å²) in [5, 5.41) is 0.251. The molecule has 0 saturated carbocycles. The molecule has 2 aromatic rings. The average molecular weight is 517 g/mol. The molecule has 36 heavy (non-hydrogen) atoms. The van der Waals surface area contributed by atoms with Crippen molar-refractivity contribution in [1.29, 1.82) is 0 Å². The van der Waals surface area contributed by atoms with Gasteiger partial charge in [0.2, 0.25) is 0 Å². The van der Waals surface area contributed by atoms with Crippen LogP contribution < -0.4 is 5.30 Å². The number of unbranched alkanes of at least 4 members (excludes halogenated alkanes) is 2. The van der Waals surface area contributed by atoms with Gasteiger partial charge in [0.1, 0.15) is 0 Å². The molecule has 0 spiro atoms. The van der Waals surface area contributed by atoms with Crippen LogP contribution in [0.1, 0.15) is 123 Å². The standard InChI is InChI=1S/C32H53O3P/c1-9-11-21-32(22-12-10-2,23-16-24-36(33,34,35)27-17-14-13-15-18-27)28-20-19-26(30(3,4)5)25-29(28)31(6,7)8/h13-15,17-20,25,33-35H,9-12,16,21-24H2,1-8H3. The van der Waals surface area contributed by atoms with E-state index >= 15 is 0 Å². The fourth-order valence-electron chi connectivity index (χ4n) is 5.47. The van der Waals surface area contributed by atoms with Crippen molar-refractivity contribution in [3.63, 3.8) is 0 Å². The molecule has 0 saturated heterocycles. The summed E-state index contributed by atoms with van der Waals surface area (Å²) in [6.07, 6.45) is 8.06. The van der Waals surface area contributed by atoms with Crippen molar-refractivity contribution in [2.24, 2.45) is 0 Å². The number of benzene rings is 2. The summed E-state index contributed by atoms with van der Waals surface area (Å²) in [6.45, 7) is 18.2. The van der Waals surface area contributed by atoms with Crippen LogP contribution in [0.5, 0.6) is 0 Å². The van der Waals surface area contributed by atoms with Crippen LogP contribution in [0.3, 0.4) is 0 Å². The molecule has 0 fully saturated rings. The maximum atomic E-state index is 11.0. The Hall–Kier alpha value is -1.25. The van der Waals surface area contributed by atoms with Crippen LogP contribution in [0.15, 0.2) is 48.5 Å². The summed E-state index contributed by atoms with van der Waals surface area (Å²) in [4.78, 5) is 33.1. The van der Waals surface area contributed by atoms with E-state index in [2.05, 4.69) is 73.6 Å². The first kappa shape index (κ1) is 31.0. The Bertz CT molecular complexity index is 951. The molecule has 0 heterocycles. The molecule has 0 aliphatic rings. The third-order valence-electron chi connectivity index (χ3n) is 7.79. The fourth-order valence-corrected chi connectivity index (χ4v) is 7.26. The predicted molar refractivity (Wildman–Crippen MR) is 158 cm³/mol. The molecular weight excluding hydrogens is 463 g/mol. The van der Waals surface area contributed by atoms with Crippen LogP contribution >= 0.6 is 7.28 Å². The normalized spacial score (nSPS) is 14.5. The molecule has 0 unspecified atom stereocenters. The molecule has 3 N–H and O–H groups in total. The van der Waals surface area contributed by atoms with Crippen LogP contribution in [0.4, 0.5) is 0 Å². The molecule has 0 amide bonds. The van der Waals surface area contributed by atoms with Crippen molar-refractivity contribution in [3.05, 3.63) is 65.2 Å². The predicted octanol–water partition coefficient (Wildman–Crippen LogP) is 8.28. The van der Waals surface area contributed by atoms with Gasteiger partial charge in [-0.2, -0.15) is 0 Å². The summed E-state index contributed by atoms with van der Waals surface area (Å²) >= 11 is 0. The molecule has 2 aromatic carbocycles. The molecule has 4 heteroatoms. The average Bonchev–Trinajstić information content (AvgIpc) is 2.79. The minimum atomic E-state index is -4.91. The second-order valence-corrected chi connectivity index (χ2v) is 16.3. The summed E-state index contributed by atoms with van der Waals surface area (Å²) < 4.78 is 0. The van der Waals surface area contributed by atoms with Crippen LogP contribution in [0, 0.1) is 0 Å². The van der Waals surface area contributed by atoms with E-state index < -0.39 is 7.28 Å². The first-order valence-corrected chi connectivity index (χ1v) is 16.3. The van der Waals surface area contributed by atoms with Crippen molar-refractivity contribution in [3.8, 4) is 0 Å². The zero-order valence-corrected chi connectivity index (χ0v) is 25.2. The minimum absolute atomic E-state index is 0.000535. The Morgan fingerprint density at radius 2 is 1.17 bits per heavy atom. The van der Waals surface area contributed by atoms with Gasteiger partial charge in [0.05, 0.1) is 0 Å². The van der Waals surface area contributed by atoms with Crippen molar-refractivity contribution in [2.45, 2.75) is 123 Å². The van der Waals surface area contributed by atoms with Gasteiger partial charge in [-0.1, -0.05) is 0 Å². The molecule has 204 valence electrons. The SMILES string of the molecule is CCCCC(CCCC)(CCCP(O)(O)(O)c1ccccc1)c1ccc(C(C)(C)C)cc1C(C)(C)C. The molecule has 0 aliphatic carbocycles. The van der Waals surface area contributed by atoms with Gasteiger partial charge in [0.15, 0.2) is 0 Å². The van der Waals surface area contributed by atoms with Crippen molar-refractivity contribution < 1.29 is 14.7 Å². The van der Waals surface area contributed by atoms with Gasteiger partial charge < -0.3 is 0 Å². The van der Waals surface area contributed by atoms with Crippen LogP contribution in [0.2, 0.25) is 0 Å². The Labute approximate surface area is 221 Å². The third kappa shape index (κ3) is 7.87. The van der Waals surface area contributed by atoms with Crippen molar-refractivity contribution >= 4 is 12.6 Å². The molecular formula is C32H53O3P. The van der Waals surface area contributed by atoms with Crippen LogP contribution in [0.25, 0.3) is 0 Å². The summed E-state index contributed by atoms with van der Waals surface area (Å²) in [6, 6.07) is 15.7. The maximum absolute atomic E-state index is 11.0. The molecule has 0 radical (unpaired) electrons. The Balaban J connectivity index is 2.56. The van der Waals surface area contributed by atoms with Gasteiger partial charge in [-0.3, -0.25) is 0 Å². The van der Waals surface area contributed by atoms with Crippen LogP contribution in [-0.4, -0.2) is 20.8 Å². The first-order valence-electron chi connectivity index (χ1n) is 14.0. The van der Waals surface area contributed by atoms with Gasteiger partial charge in [0.25, 0.3) is 0 Å². The number of hydrogen-bond donors (Lipinski definition) is 3. The van der Waals surface area contributed by atoms with E-state index in [0.29, 0.717) is 6.42 Å². The second-order valence-electron chi connectivity index (χ2n) is 13.1. The zero-order chi connectivity index (χ0) is 27.3. The third-order valence-corrected chi connectivity index (χ3v) is 10.3. The van der Waals surface area contributed by atoms with E-state index in [9.17, 15) is 14.7 Å². The van der Waals surface area contributed by atoms with Gasteiger partial charge in [-0.05, 0) is 0 Å². The van der Waals surface area contributed by atoms with E-state index in [-0.39, 0.29) is 27.7 Å². The summed E-state index contributed by atoms with van der Waals surface area (Å²) in [5.41, 5.74) is 4.19. The zero-order valence-electron chi connectivity index (χ0n) is 24.3. The van der Waals surface area contributed by atoms with Gasteiger partial charge >= 0.3 is 222 Å². The van der Waals surface area contributed by atoms with Crippen molar-refractivity contribution in [1.82, 2.24) is 0 Å². The molecule has 0 aromatic heterocycles. The molecule has 0 bridgehead atoms. The first-order chi connectivity index (χ1) is 16.5. The van der Waals surface area contributed by atoms with E-state index in [1.807, 2.05) is 6.07 Å². The van der Waals surface area contributed by atoms with Crippen LogP contribution in [-0.2, 0) is 16.2 Å². The van der Waals surface area contributed by atoms with E-state index in [0.717, 1.165) is 44.9 Å². The van der Waals surface area contributed by atoms with Gasteiger partial charge in [0, 0.05) is 0 Å². The van der Waals surface area contributed by atoms with E-state index in [4.69, 9.17) is 0 Å².